The van der Waals surface area contributed by atoms with Gasteiger partial charge in [0, 0.05) is 28.8 Å². The van der Waals surface area contributed by atoms with Crippen LogP contribution in [-0.4, -0.2) is 31.0 Å². The lowest BCUT2D eigenvalue weighted by molar-refractivity contribution is -0.384. The molecular weight excluding hydrogens is 368 g/mol. The maximum Gasteiger partial charge on any atom is 0.270 e. The third-order valence-electron chi connectivity index (χ3n) is 4.53. The van der Waals surface area contributed by atoms with Gasteiger partial charge in [0.2, 0.25) is 0 Å². The number of rotatable bonds is 4. The van der Waals surface area contributed by atoms with E-state index in [0.717, 1.165) is 16.5 Å². The van der Waals surface area contributed by atoms with Crippen molar-refractivity contribution in [1.29, 1.82) is 0 Å². The van der Waals surface area contributed by atoms with E-state index in [1.165, 1.54) is 35.2 Å². The maximum absolute atomic E-state index is 13.2. The molecule has 2 aromatic carbocycles. The lowest BCUT2D eigenvalue weighted by atomic mass is 10.1. The molecule has 0 saturated heterocycles. The number of benzene rings is 2. The lowest BCUT2D eigenvalue weighted by Gasteiger charge is -2.28. The van der Waals surface area contributed by atoms with Crippen LogP contribution in [0.15, 0.2) is 53.9 Å². The Kier molecular flexibility index (Phi) is 4.84. The van der Waals surface area contributed by atoms with Crippen LogP contribution < -0.4 is 4.90 Å². The van der Waals surface area contributed by atoms with Crippen LogP contribution in [0.3, 0.4) is 0 Å². The quantitative estimate of drug-likeness (QED) is 0.594. The summed E-state index contributed by atoms with van der Waals surface area (Å²) in [7, 11) is -3.39. The Morgan fingerprint density at radius 3 is 2.48 bits per heavy atom. The molecule has 0 radical (unpaired) electrons. The molecular formula is C19H18N2O5S. The first kappa shape index (κ1) is 18.8. The Labute approximate surface area is 157 Å². The number of carbonyl (C=O) groups excluding carboxylic acids is 1. The molecule has 1 aliphatic heterocycles. The zero-order valence-corrected chi connectivity index (χ0v) is 15.6. The molecule has 2 aromatic rings. The zero-order chi connectivity index (χ0) is 19.8. The van der Waals surface area contributed by atoms with E-state index in [4.69, 9.17) is 0 Å². The zero-order valence-electron chi connectivity index (χ0n) is 14.8. The van der Waals surface area contributed by atoms with Crippen molar-refractivity contribution in [1.82, 2.24) is 0 Å². The first-order valence-electron chi connectivity index (χ1n) is 8.24. The van der Waals surface area contributed by atoms with Gasteiger partial charge >= 0.3 is 0 Å². The fourth-order valence-electron chi connectivity index (χ4n) is 2.95. The Bertz CT molecular complexity index is 1060. The molecule has 7 nitrogen and oxygen atoms in total. The molecule has 140 valence electrons. The van der Waals surface area contributed by atoms with Gasteiger partial charge < -0.3 is 4.90 Å². The molecule has 1 amide bonds. The Hall–Kier alpha value is -3.00. The largest absolute Gasteiger partial charge is 0.300 e. The monoisotopic (exact) mass is 386 g/mol. The van der Waals surface area contributed by atoms with Crippen molar-refractivity contribution in [2.75, 3.05) is 10.7 Å². The average molecular weight is 386 g/mol. The standard InChI is InChI=1S/C19H18N2O5S/c1-13-6-7-16(10-14(13)2)20(18-8-9-27(25,26)12-18)19(22)15-4-3-5-17(11-15)21(23)24/h3-11,18H,12H2,1-2H3. The molecule has 1 atom stereocenters. The molecule has 0 bridgehead atoms. The molecule has 27 heavy (non-hydrogen) atoms. The van der Waals surface area contributed by atoms with Gasteiger partial charge in [0.05, 0.1) is 16.7 Å². The van der Waals surface area contributed by atoms with Crippen molar-refractivity contribution in [2.45, 2.75) is 19.9 Å². The van der Waals surface area contributed by atoms with Gasteiger partial charge in [0.15, 0.2) is 9.84 Å². The Morgan fingerprint density at radius 2 is 1.89 bits per heavy atom. The third-order valence-corrected chi connectivity index (χ3v) is 5.91. The van der Waals surface area contributed by atoms with Gasteiger partial charge in [0.25, 0.3) is 11.6 Å². The first-order valence-corrected chi connectivity index (χ1v) is 9.96. The molecule has 3 rings (SSSR count). The maximum atomic E-state index is 13.2. The topological polar surface area (TPSA) is 97.6 Å². The second-order valence-electron chi connectivity index (χ2n) is 6.48. The van der Waals surface area contributed by atoms with Gasteiger partial charge in [0.1, 0.15) is 0 Å². The van der Waals surface area contributed by atoms with Crippen molar-refractivity contribution >= 4 is 27.1 Å². The van der Waals surface area contributed by atoms with Gasteiger partial charge in [-0.05, 0) is 49.2 Å². The number of hydrogen-bond acceptors (Lipinski definition) is 5. The summed E-state index contributed by atoms with van der Waals surface area (Å²) in [6, 6.07) is 10.2. The lowest BCUT2D eigenvalue weighted by Crippen LogP contribution is -2.41. The number of nitro groups is 1. The molecule has 0 N–H and O–H groups in total. The summed E-state index contributed by atoms with van der Waals surface area (Å²) in [5.74, 6) is -0.714. The van der Waals surface area contributed by atoms with Crippen LogP contribution in [0.25, 0.3) is 0 Å². The molecule has 8 heteroatoms. The number of nitro benzene ring substituents is 1. The van der Waals surface area contributed by atoms with E-state index < -0.39 is 26.7 Å². The Morgan fingerprint density at radius 1 is 1.15 bits per heavy atom. The first-order chi connectivity index (χ1) is 12.7. The number of nitrogens with zero attached hydrogens (tertiary/aromatic N) is 2. The fourth-order valence-corrected chi connectivity index (χ4v) is 4.21. The highest BCUT2D eigenvalue weighted by Gasteiger charge is 2.32. The second kappa shape index (κ2) is 6.96. The molecule has 1 heterocycles. The summed E-state index contributed by atoms with van der Waals surface area (Å²) < 4.78 is 23.8. The minimum Gasteiger partial charge on any atom is -0.300 e. The van der Waals surface area contributed by atoms with E-state index in [0.29, 0.717) is 5.69 Å². The minimum atomic E-state index is -3.39. The van der Waals surface area contributed by atoms with Gasteiger partial charge in [-0.3, -0.25) is 14.9 Å². The van der Waals surface area contributed by atoms with Gasteiger partial charge in [-0.1, -0.05) is 12.1 Å². The van der Waals surface area contributed by atoms with Crippen molar-refractivity contribution in [2.24, 2.45) is 0 Å². The number of sulfone groups is 1. The smallest absolute Gasteiger partial charge is 0.270 e. The van der Waals surface area contributed by atoms with Crippen LogP contribution in [0.5, 0.6) is 0 Å². The summed E-state index contributed by atoms with van der Waals surface area (Å²) in [5, 5.41) is 12.1. The number of hydrogen-bond donors (Lipinski definition) is 0. The summed E-state index contributed by atoms with van der Waals surface area (Å²) in [6.45, 7) is 3.84. The highest BCUT2D eigenvalue weighted by atomic mass is 32.2. The highest BCUT2D eigenvalue weighted by Crippen LogP contribution is 2.27. The number of anilines is 1. The predicted molar refractivity (Wildman–Crippen MR) is 103 cm³/mol. The van der Waals surface area contributed by atoms with Crippen LogP contribution in [0.4, 0.5) is 11.4 Å². The van der Waals surface area contributed by atoms with Crippen LogP contribution in [0, 0.1) is 24.0 Å². The van der Waals surface area contributed by atoms with Crippen molar-refractivity contribution < 1.29 is 18.1 Å². The summed E-state index contributed by atoms with van der Waals surface area (Å²) in [5.41, 5.74) is 2.46. The highest BCUT2D eigenvalue weighted by molar-refractivity contribution is 7.94. The van der Waals surface area contributed by atoms with Crippen LogP contribution in [0.2, 0.25) is 0 Å². The normalized spacial score (nSPS) is 17.6. The van der Waals surface area contributed by atoms with E-state index in [1.807, 2.05) is 26.0 Å². The van der Waals surface area contributed by atoms with Gasteiger partial charge in [-0.15, -0.1) is 0 Å². The number of aryl methyl sites for hydroxylation is 2. The second-order valence-corrected chi connectivity index (χ2v) is 8.41. The van der Waals surface area contributed by atoms with E-state index >= 15 is 0 Å². The molecule has 0 aliphatic carbocycles. The summed E-state index contributed by atoms with van der Waals surface area (Å²) >= 11 is 0. The van der Waals surface area contributed by atoms with E-state index in [1.54, 1.807) is 6.07 Å². The molecule has 0 saturated carbocycles. The van der Waals surface area contributed by atoms with E-state index in [-0.39, 0.29) is 17.0 Å². The fraction of sp³-hybridized carbons (Fsp3) is 0.211. The van der Waals surface area contributed by atoms with Crippen LogP contribution >= 0.6 is 0 Å². The minimum absolute atomic E-state index is 0.125. The number of amides is 1. The molecule has 0 spiro atoms. The van der Waals surface area contributed by atoms with Crippen molar-refractivity contribution in [3.05, 3.63) is 80.8 Å². The SMILES string of the molecule is Cc1ccc(N(C(=O)c2cccc([N+](=O)[O-])c2)C2C=CS(=O)(=O)C2)cc1C. The number of carbonyl (C=O) groups is 1. The van der Waals surface area contributed by atoms with Crippen molar-refractivity contribution in [3.63, 3.8) is 0 Å². The van der Waals surface area contributed by atoms with Gasteiger partial charge in [-0.25, -0.2) is 8.42 Å². The van der Waals surface area contributed by atoms with Crippen LogP contribution in [0.1, 0.15) is 21.5 Å². The molecule has 1 aliphatic rings. The third kappa shape index (κ3) is 3.90. The number of non-ortho nitro benzene ring substituents is 1. The molecule has 0 aromatic heterocycles. The van der Waals surface area contributed by atoms with E-state index in [2.05, 4.69) is 0 Å². The summed E-state index contributed by atoms with van der Waals surface area (Å²) in [6.07, 6.45) is 1.47. The molecule has 0 fully saturated rings. The average Bonchev–Trinajstić information content (AvgIpc) is 2.97. The van der Waals surface area contributed by atoms with Crippen molar-refractivity contribution in [3.8, 4) is 0 Å². The molecule has 1 unspecified atom stereocenters. The van der Waals surface area contributed by atoms with E-state index in [9.17, 15) is 23.3 Å². The van der Waals surface area contributed by atoms with Crippen LogP contribution in [-0.2, 0) is 9.84 Å². The predicted octanol–water partition coefficient (Wildman–Crippen LogP) is 3.17. The Balaban J connectivity index is 2.08. The summed E-state index contributed by atoms with van der Waals surface area (Å²) in [4.78, 5) is 25.0. The van der Waals surface area contributed by atoms with Gasteiger partial charge in [-0.2, -0.15) is 0 Å².